The standard InChI is InChI=1S/C20H24N6O2S.3H2/c1-2-10-22-29(27,28)18-7-5-15(6-8-18)23-20-21-11-9-16(24-20)12-17-13-19(26-25-17)14-3-4-14;;;/h5-9,11,13-14,22H,2-4,10,12H2,1H3,(H,25,26)(H,21,23,24);3*1H. The van der Waals surface area contributed by atoms with Crippen LogP contribution in [0, 0.1) is 0 Å². The Hall–Kier alpha value is -2.78. The van der Waals surface area contributed by atoms with Crippen molar-refractivity contribution < 1.29 is 12.7 Å². The summed E-state index contributed by atoms with van der Waals surface area (Å²) >= 11 is 0. The lowest BCUT2D eigenvalue weighted by Crippen LogP contribution is -2.24. The van der Waals surface area contributed by atoms with Gasteiger partial charge < -0.3 is 5.32 Å². The molecule has 0 amide bonds. The van der Waals surface area contributed by atoms with Crippen molar-refractivity contribution in [2.75, 3.05) is 11.9 Å². The molecule has 0 aliphatic heterocycles. The van der Waals surface area contributed by atoms with Crippen molar-refractivity contribution in [1.29, 1.82) is 0 Å². The Bertz CT molecular complexity index is 1090. The van der Waals surface area contributed by atoms with Gasteiger partial charge >= 0.3 is 0 Å². The van der Waals surface area contributed by atoms with Crippen LogP contribution in [0.5, 0.6) is 0 Å². The Kier molecular flexibility index (Phi) is 5.59. The van der Waals surface area contributed by atoms with Gasteiger partial charge in [-0.3, -0.25) is 5.10 Å². The largest absolute Gasteiger partial charge is 0.324 e. The summed E-state index contributed by atoms with van der Waals surface area (Å²) in [6, 6.07) is 10.5. The van der Waals surface area contributed by atoms with Crippen LogP contribution in [-0.4, -0.2) is 35.1 Å². The van der Waals surface area contributed by atoms with Crippen molar-refractivity contribution in [1.82, 2.24) is 24.9 Å². The number of H-pyrrole nitrogens is 1. The molecule has 4 rings (SSSR count). The zero-order chi connectivity index (χ0) is 20.3. The van der Waals surface area contributed by atoms with Crippen LogP contribution >= 0.6 is 0 Å². The van der Waals surface area contributed by atoms with E-state index >= 15 is 0 Å². The smallest absolute Gasteiger partial charge is 0.240 e. The summed E-state index contributed by atoms with van der Waals surface area (Å²) in [4.78, 5) is 9.03. The van der Waals surface area contributed by atoms with E-state index in [1.165, 1.54) is 12.8 Å². The van der Waals surface area contributed by atoms with Crippen molar-refractivity contribution in [2.24, 2.45) is 0 Å². The third kappa shape index (κ3) is 4.99. The number of nitrogens with one attached hydrogen (secondary N) is 3. The molecule has 1 saturated carbocycles. The minimum atomic E-state index is -3.47. The molecule has 1 fully saturated rings. The summed E-state index contributed by atoms with van der Waals surface area (Å²) in [5.74, 6) is 1.08. The van der Waals surface area contributed by atoms with E-state index in [9.17, 15) is 8.42 Å². The Balaban J connectivity index is 0.00000171. The fourth-order valence-corrected chi connectivity index (χ4v) is 4.11. The maximum Gasteiger partial charge on any atom is 0.240 e. The van der Waals surface area contributed by atoms with Gasteiger partial charge in [-0.05, 0) is 55.7 Å². The van der Waals surface area contributed by atoms with E-state index < -0.39 is 10.0 Å². The van der Waals surface area contributed by atoms with Gasteiger partial charge in [0.15, 0.2) is 0 Å². The van der Waals surface area contributed by atoms with Gasteiger partial charge in [0.2, 0.25) is 16.0 Å². The highest BCUT2D eigenvalue weighted by Crippen LogP contribution is 2.39. The quantitative estimate of drug-likeness (QED) is 0.487. The topological polar surface area (TPSA) is 113 Å². The van der Waals surface area contributed by atoms with Crippen molar-refractivity contribution in [2.45, 2.75) is 43.4 Å². The summed E-state index contributed by atoms with van der Waals surface area (Å²) < 4.78 is 26.9. The van der Waals surface area contributed by atoms with Gasteiger partial charge in [0.05, 0.1) is 16.3 Å². The highest BCUT2D eigenvalue weighted by atomic mass is 32.2. The molecule has 0 bridgehead atoms. The Morgan fingerprint density at radius 1 is 1.21 bits per heavy atom. The lowest BCUT2D eigenvalue weighted by atomic mass is 10.2. The number of nitrogens with zero attached hydrogens (tertiary/aromatic N) is 3. The van der Waals surface area contributed by atoms with E-state index in [2.05, 4.69) is 36.3 Å². The molecule has 9 heteroatoms. The average molecular weight is 419 g/mol. The fraction of sp³-hybridized carbons (Fsp3) is 0.350. The molecule has 1 aromatic carbocycles. The maximum atomic E-state index is 12.2. The van der Waals surface area contributed by atoms with Gasteiger partial charge in [0.1, 0.15) is 0 Å². The number of anilines is 2. The van der Waals surface area contributed by atoms with Crippen LogP contribution in [0.3, 0.4) is 0 Å². The highest BCUT2D eigenvalue weighted by Gasteiger charge is 2.26. The second kappa shape index (κ2) is 8.30. The summed E-state index contributed by atoms with van der Waals surface area (Å²) in [6.07, 6.45) is 5.54. The number of aromatic amines is 1. The van der Waals surface area contributed by atoms with Crippen LogP contribution in [0.25, 0.3) is 0 Å². The van der Waals surface area contributed by atoms with Crippen LogP contribution in [0.2, 0.25) is 0 Å². The Labute approximate surface area is 174 Å². The van der Waals surface area contributed by atoms with Crippen molar-refractivity contribution in [3.8, 4) is 0 Å². The molecule has 0 radical (unpaired) electrons. The van der Waals surface area contributed by atoms with Crippen LogP contribution in [0.4, 0.5) is 11.6 Å². The molecule has 1 aliphatic carbocycles. The molecule has 3 N–H and O–H groups in total. The highest BCUT2D eigenvalue weighted by molar-refractivity contribution is 7.89. The van der Waals surface area contributed by atoms with Gasteiger partial charge in [-0.1, -0.05) is 6.92 Å². The van der Waals surface area contributed by atoms with Crippen molar-refractivity contribution in [3.05, 3.63) is 59.7 Å². The minimum Gasteiger partial charge on any atom is -0.324 e. The number of hydrogen-bond donors (Lipinski definition) is 3. The Morgan fingerprint density at radius 2 is 2.00 bits per heavy atom. The first kappa shape index (κ1) is 19.5. The molecule has 8 nitrogen and oxygen atoms in total. The van der Waals surface area contributed by atoms with E-state index in [1.807, 2.05) is 13.0 Å². The molecular formula is C20H30N6O2S. The van der Waals surface area contributed by atoms with Crippen LogP contribution < -0.4 is 10.0 Å². The fourth-order valence-electron chi connectivity index (χ4n) is 2.97. The molecule has 158 valence electrons. The predicted molar refractivity (Wildman–Crippen MR) is 117 cm³/mol. The number of sulfonamides is 1. The van der Waals surface area contributed by atoms with Gasteiger partial charge in [-0.15, -0.1) is 0 Å². The van der Waals surface area contributed by atoms with Gasteiger partial charge in [-0.25, -0.2) is 23.1 Å². The van der Waals surface area contributed by atoms with Gasteiger partial charge in [0.25, 0.3) is 0 Å². The number of benzene rings is 1. The minimum absolute atomic E-state index is 0. The second-order valence-corrected chi connectivity index (χ2v) is 8.95. The Morgan fingerprint density at radius 3 is 2.72 bits per heavy atom. The maximum absolute atomic E-state index is 12.2. The van der Waals surface area contributed by atoms with Crippen LogP contribution in [-0.2, 0) is 16.4 Å². The van der Waals surface area contributed by atoms with E-state index in [1.54, 1.807) is 30.5 Å². The molecule has 3 aromatic rings. The molecule has 0 saturated heterocycles. The normalized spacial score (nSPS) is 14.1. The lowest BCUT2D eigenvalue weighted by Gasteiger charge is -2.08. The summed E-state index contributed by atoms with van der Waals surface area (Å²) in [7, 11) is -3.47. The third-order valence-electron chi connectivity index (χ3n) is 4.69. The second-order valence-electron chi connectivity index (χ2n) is 7.19. The number of hydrogen-bond acceptors (Lipinski definition) is 6. The van der Waals surface area contributed by atoms with Crippen molar-refractivity contribution in [3.63, 3.8) is 0 Å². The number of aromatic nitrogens is 4. The summed E-state index contributed by atoms with van der Waals surface area (Å²) in [5, 5.41) is 10.6. The zero-order valence-electron chi connectivity index (χ0n) is 16.2. The van der Waals surface area contributed by atoms with Gasteiger partial charge in [0, 0.05) is 40.7 Å². The number of rotatable bonds is 9. The molecule has 0 atom stereocenters. The first-order chi connectivity index (χ1) is 14.0. The van der Waals surface area contributed by atoms with E-state index in [0.29, 0.717) is 30.5 Å². The molecule has 1 aliphatic rings. The third-order valence-corrected chi connectivity index (χ3v) is 6.17. The van der Waals surface area contributed by atoms with Crippen molar-refractivity contribution >= 4 is 21.7 Å². The van der Waals surface area contributed by atoms with Crippen LogP contribution in [0.1, 0.15) is 53.5 Å². The first-order valence-corrected chi connectivity index (χ1v) is 11.2. The average Bonchev–Trinajstić information content (AvgIpc) is 3.47. The molecule has 0 unspecified atom stereocenters. The summed E-state index contributed by atoms with van der Waals surface area (Å²) in [5.41, 5.74) is 3.76. The van der Waals surface area contributed by atoms with Gasteiger partial charge in [-0.2, -0.15) is 5.10 Å². The molecular weight excluding hydrogens is 388 g/mol. The van der Waals surface area contributed by atoms with E-state index in [0.717, 1.165) is 23.5 Å². The molecule has 0 spiro atoms. The first-order valence-electron chi connectivity index (χ1n) is 9.76. The lowest BCUT2D eigenvalue weighted by molar-refractivity contribution is 0.581. The van der Waals surface area contributed by atoms with E-state index in [-0.39, 0.29) is 9.18 Å². The SMILES string of the molecule is CCCNS(=O)(=O)c1ccc(Nc2nccc(Cc3cc(C4CC4)n[nH]3)n2)cc1.[HH].[HH].[HH]. The molecule has 29 heavy (non-hydrogen) atoms. The molecule has 2 aromatic heterocycles. The predicted octanol–water partition coefficient (Wildman–Crippen LogP) is 3.84. The zero-order valence-corrected chi connectivity index (χ0v) is 17.0. The summed E-state index contributed by atoms with van der Waals surface area (Å²) in [6.45, 7) is 2.34. The monoisotopic (exact) mass is 418 g/mol. The molecule has 2 heterocycles. The van der Waals surface area contributed by atoms with Crippen LogP contribution in [0.15, 0.2) is 47.5 Å². The van der Waals surface area contributed by atoms with E-state index in [4.69, 9.17) is 0 Å².